The van der Waals surface area contributed by atoms with Gasteiger partial charge in [0.2, 0.25) is 0 Å². The number of Topliss-reactive ketones (excluding diaryl/α,β-unsaturated/α-hetero) is 1. The summed E-state index contributed by atoms with van der Waals surface area (Å²) >= 11 is 0. The van der Waals surface area contributed by atoms with Gasteiger partial charge in [0.25, 0.3) is 0 Å². The molecule has 1 atom stereocenters. The minimum absolute atomic E-state index is 0.00929. The van der Waals surface area contributed by atoms with Crippen LogP contribution in [0.3, 0.4) is 0 Å². The first-order valence-electron chi connectivity index (χ1n) is 11.4. The standard InChI is InChI=1S/C25H30N6O3/c1-17(14-27-2)34-20-5-3-4-18(12-20)21-16-29-25(26)24(30-21)23(32)13-19-15-28-7-6-22(19)31-8-10-33-11-9-31/h3-7,12,15-17,27H,8-11,13-14H2,1-2H3,(H2,26,29). The maximum absolute atomic E-state index is 13.3. The van der Waals surface area contributed by atoms with E-state index in [1.54, 1.807) is 18.6 Å². The van der Waals surface area contributed by atoms with Crippen LogP contribution in [-0.2, 0) is 11.2 Å². The van der Waals surface area contributed by atoms with Gasteiger partial charge in [0, 0.05) is 55.3 Å². The second kappa shape index (κ2) is 11.0. The number of aromatic nitrogens is 3. The lowest BCUT2D eigenvalue weighted by molar-refractivity contribution is 0.0988. The van der Waals surface area contributed by atoms with E-state index in [0.29, 0.717) is 18.9 Å². The van der Waals surface area contributed by atoms with Crippen LogP contribution in [-0.4, -0.2) is 66.7 Å². The van der Waals surface area contributed by atoms with Gasteiger partial charge >= 0.3 is 0 Å². The number of nitrogens with one attached hydrogen (secondary N) is 1. The van der Waals surface area contributed by atoms with E-state index in [2.05, 4.69) is 25.2 Å². The molecule has 0 bridgehead atoms. The fraction of sp³-hybridized carbons (Fsp3) is 0.360. The third-order valence-electron chi connectivity index (χ3n) is 5.60. The van der Waals surface area contributed by atoms with E-state index >= 15 is 0 Å². The van der Waals surface area contributed by atoms with Crippen molar-refractivity contribution in [3.05, 3.63) is 60.2 Å². The van der Waals surface area contributed by atoms with Gasteiger partial charge in [0.05, 0.1) is 25.1 Å². The fourth-order valence-electron chi connectivity index (χ4n) is 3.96. The lowest BCUT2D eigenvalue weighted by atomic mass is 10.1. The van der Waals surface area contributed by atoms with Gasteiger partial charge in [-0.2, -0.15) is 0 Å². The van der Waals surface area contributed by atoms with Crippen LogP contribution in [0.4, 0.5) is 11.5 Å². The maximum Gasteiger partial charge on any atom is 0.189 e. The molecule has 178 valence electrons. The summed E-state index contributed by atoms with van der Waals surface area (Å²) in [4.78, 5) is 28.5. The van der Waals surface area contributed by atoms with E-state index in [0.717, 1.165) is 42.2 Å². The first-order valence-corrected chi connectivity index (χ1v) is 11.4. The molecule has 3 N–H and O–H groups in total. The fourth-order valence-corrected chi connectivity index (χ4v) is 3.96. The first kappa shape index (κ1) is 23.6. The zero-order chi connectivity index (χ0) is 23.9. The number of benzene rings is 1. The number of pyridine rings is 1. The van der Waals surface area contributed by atoms with Crippen molar-refractivity contribution in [2.24, 2.45) is 0 Å². The molecule has 1 fully saturated rings. The highest BCUT2D eigenvalue weighted by Crippen LogP contribution is 2.26. The molecule has 9 heteroatoms. The number of hydrogen-bond donors (Lipinski definition) is 2. The van der Waals surface area contributed by atoms with Crippen molar-refractivity contribution < 1.29 is 14.3 Å². The monoisotopic (exact) mass is 462 g/mol. The highest BCUT2D eigenvalue weighted by molar-refractivity contribution is 6.00. The Labute approximate surface area is 199 Å². The number of likely N-dealkylation sites (N-methyl/N-ethyl adjacent to an activating group) is 1. The molecule has 0 amide bonds. The van der Waals surface area contributed by atoms with Gasteiger partial charge < -0.3 is 25.4 Å². The molecular weight excluding hydrogens is 432 g/mol. The van der Waals surface area contributed by atoms with Crippen LogP contribution in [0.15, 0.2) is 48.9 Å². The van der Waals surface area contributed by atoms with Gasteiger partial charge in [-0.15, -0.1) is 0 Å². The van der Waals surface area contributed by atoms with Crippen LogP contribution < -0.4 is 20.7 Å². The van der Waals surface area contributed by atoms with E-state index < -0.39 is 0 Å². The molecule has 2 aromatic heterocycles. The Morgan fingerprint density at radius 1 is 1.26 bits per heavy atom. The number of ether oxygens (including phenoxy) is 2. The lowest BCUT2D eigenvalue weighted by Gasteiger charge is -2.30. The molecule has 3 aromatic rings. The van der Waals surface area contributed by atoms with Crippen LogP contribution in [0, 0.1) is 0 Å². The Hall–Kier alpha value is -3.56. The zero-order valence-corrected chi connectivity index (χ0v) is 19.5. The predicted molar refractivity (Wildman–Crippen MR) is 131 cm³/mol. The van der Waals surface area contributed by atoms with Gasteiger partial charge in [0.15, 0.2) is 11.6 Å². The Kier molecular flexibility index (Phi) is 7.66. The van der Waals surface area contributed by atoms with Gasteiger partial charge in [-0.05, 0) is 32.2 Å². The van der Waals surface area contributed by atoms with Crippen LogP contribution in [0.1, 0.15) is 23.0 Å². The van der Waals surface area contributed by atoms with E-state index in [1.807, 2.05) is 44.3 Å². The van der Waals surface area contributed by atoms with Gasteiger partial charge in [-0.3, -0.25) is 9.78 Å². The van der Waals surface area contributed by atoms with Crippen molar-refractivity contribution in [2.75, 3.05) is 50.5 Å². The summed E-state index contributed by atoms with van der Waals surface area (Å²) in [6, 6.07) is 9.50. The second-order valence-corrected chi connectivity index (χ2v) is 8.21. The third-order valence-corrected chi connectivity index (χ3v) is 5.60. The normalized spacial score (nSPS) is 14.6. The number of nitrogen functional groups attached to an aromatic ring is 1. The maximum atomic E-state index is 13.3. The van der Waals surface area contributed by atoms with E-state index in [-0.39, 0.29) is 29.8 Å². The van der Waals surface area contributed by atoms with Crippen LogP contribution >= 0.6 is 0 Å². The number of anilines is 2. The van der Waals surface area contributed by atoms with E-state index in [9.17, 15) is 4.79 Å². The van der Waals surface area contributed by atoms with E-state index in [4.69, 9.17) is 15.2 Å². The van der Waals surface area contributed by atoms with Crippen molar-refractivity contribution in [2.45, 2.75) is 19.4 Å². The minimum Gasteiger partial charge on any atom is -0.489 e. The summed E-state index contributed by atoms with van der Waals surface area (Å²) in [5.74, 6) is 0.627. The minimum atomic E-state index is -0.204. The quantitative estimate of drug-likeness (QED) is 0.462. The third kappa shape index (κ3) is 5.67. The molecule has 1 aromatic carbocycles. The molecule has 1 saturated heterocycles. The van der Waals surface area contributed by atoms with Crippen molar-refractivity contribution in [1.82, 2.24) is 20.3 Å². The Bertz CT molecular complexity index is 1130. The molecule has 1 aliphatic rings. The van der Waals surface area contributed by atoms with Crippen molar-refractivity contribution in [3.63, 3.8) is 0 Å². The topological polar surface area (TPSA) is 115 Å². The SMILES string of the molecule is CNCC(C)Oc1cccc(-c2cnc(N)c(C(=O)Cc3cnccc3N3CCOCC3)n2)c1. The smallest absolute Gasteiger partial charge is 0.189 e. The summed E-state index contributed by atoms with van der Waals surface area (Å²) in [7, 11) is 1.88. The Morgan fingerprint density at radius 2 is 2.09 bits per heavy atom. The Balaban J connectivity index is 1.56. The highest BCUT2D eigenvalue weighted by atomic mass is 16.5. The molecular formula is C25H30N6O3. The van der Waals surface area contributed by atoms with Crippen molar-refractivity contribution in [1.29, 1.82) is 0 Å². The number of rotatable bonds is 9. The summed E-state index contributed by atoms with van der Waals surface area (Å²) in [6.07, 6.45) is 5.18. The summed E-state index contributed by atoms with van der Waals surface area (Å²) in [6.45, 7) is 5.58. The summed E-state index contributed by atoms with van der Waals surface area (Å²) in [5.41, 5.74) is 9.39. The average molecular weight is 463 g/mol. The highest BCUT2D eigenvalue weighted by Gasteiger charge is 2.20. The van der Waals surface area contributed by atoms with Crippen LogP contribution in [0.5, 0.6) is 5.75 Å². The number of carbonyl (C=O) groups is 1. The van der Waals surface area contributed by atoms with Crippen molar-refractivity contribution in [3.8, 4) is 17.0 Å². The van der Waals surface area contributed by atoms with Gasteiger partial charge in [-0.1, -0.05) is 12.1 Å². The largest absolute Gasteiger partial charge is 0.489 e. The number of nitrogens with zero attached hydrogens (tertiary/aromatic N) is 4. The first-order chi connectivity index (χ1) is 16.5. The van der Waals surface area contributed by atoms with E-state index in [1.165, 1.54) is 0 Å². The van der Waals surface area contributed by atoms with Crippen LogP contribution in [0.25, 0.3) is 11.3 Å². The van der Waals surface area contributed by atoms with Crippen molar-refractivity contribution >= 4 is 17.3 Å². The Morgan fingerprint density at radius 3 is 2.88 bits per heavy atom. The van der Waals surface area contributed by atoms with Crippen LogP contribution in [0.2, 0.25) is 0 Å². The van der Waals surface area contributed by atoms with Gasteiger partial charge in [-0.25, -0.2) is 9.97 Å². The molecule has 0 radical (unpaired) electrons. The average Bonchev–Trinajstić information content (AvgIpc) is 2.85. The number of nitrogens with two attached hydrogens (primary N) is 1. The number of hydrogen-bond acceptors (Lipinski definition) is 9. The lowest BCUT2D eigenvalue weighted by Crippen LogP contribution is -2.37. The van der Waals surface area contributed by atoms with Gasteiger partial charge in [0.1, 0.15) is 17.5 Å². The summed E-state index contributed by atoms with van der Waals surface area (Å²) < 4.78 is 11.4. The molecule has 1 unspecified atom stereocenters. The molecule has 4 rings (SSSR count). The molecule has 0 aliphatic carbocycles. The molecule has 1 aliphatic heterocycles. The molecule has 9 nitrogen and oxygen atoms in total. The number of morpholine rings is 1. The second-order valence-electron chi connectivity index (χ2n) is 8.21. The molecule has 0 saturated carbocycles. The molecule has 34 heavy (non-hydrogen) atoms. The predicted octanol–water partition coefficient (Wildman–Crippen LogP) is 2.37. The molecule has 0 spiro atoms. The summed E-state index contributed by atoms with van der Waals surface area (Å²) in [5, 5.41) is 3.09. The zero-order valence-electron chi connectivity index (χ0n) is 19.5. The number of carbonyl (C=O) groups excluding carboxylic acids is 1. The number of ketones is 1. The molecule has 3 heterocycles.